The SMILES string of the molecule is CCCCOCC1CCC(c2cn3cc(Br)c(OC(C)C)cc3n2)CC1. The van der Waals surface area contributed by atoms with E-state index in [0.717, 1.165) is 35.0 Å². The Bertz CT molecular complexity index is 705. The average Bonchev–Trinajstić information content (AvgIpc) is 3.02. The van der Waals surface area contributed by atoms with Crippen LogP contribution < -0.4 is 4.74 Å². The first kappa shape index (κ1) is 19.7. The first-order valence-corrected chi connectivity index (χ1v) is 10.8. The maximum absolute atomic E-state index is 5.86. The summed E-state index contributed by atoms with van der Waals surface area (Å²) < 4.78 is 14.8. The lowest BCUT2D eigenvalue weighted by molar-refractivity contribution is 0.0806. The summed E-state index contributed by atoms with van der Waals surface area (Å²) in [7, 11) is 0. The van der Waals surface area contributed by atoms with Gasteiger partial charge in [-0.05, 0) is 67.8 Å². The molecule has 0 aromatic carbocycles. The van der Waals surface area contributed by atoms with Gasteiger partial charge >= 0.3 is 0 Å². The highest BCUT2D eigenvalue weighted by Crippen LogP contribution is 2.36. The van der Waals surface area contributed by atoms with Gasteiger partial charge in [0.2, 0.25) is 0 Å². The Morgan fingerprint density at radius 3 is 2.69 bits per heavy atom. The van der Waals surface area contributed by atoms with Crippen molar-refractivity contribution < 1.29 is 9.47 Å². The number of ether oxygens (including phenoxy) is 2. The molecule has 4 nitrogen and oxygen atoms in total. The quantitative estimate of drug-likeness (QED) is 0.491. The molecule has 3 rings (SSSR count). The van der Waals surface area contributed by atoms with Gasteiger partial charge in [0.25, 0.3) is 0 Å². The van der Waals surface area contributed by atoms with Crippen LogP contribution in [-0.4, -0.2) is 28.7 Å². The Balaban J connectivity index is 1.61. The molecule has 2 heterocycles. The van der Waals surface area contributed by atoms with E-state index in [-0.39, 0.29) is 6.10 Å². The molecule has 0 radical (unpaired) electrons. The first-order chi connectivity index (χ1) is 12.6. The minimum absolute atomic E-state index is 0.151. The fraction of sp³-hybridized carbons (Fsp3) is 0.667. The molecule has 1 saturated carbocycles. The Hall–Kier alpha value is -1.07. The number of rotatable bonds is 8. The Morgan fingerprint density at radius 1 is 1.23 bits per heavy atom. The van der Waals surface area contributed by atoms with E-state index in [1.54, 1.807) is 0 Å². The van der Waals surface area contributed by atoms with Crippen LogP contribution in [0.1, 0.15) is 70.9 Å². The van der Waals surface area contributed by atoms with E-state index in [4.69, 9.17) is 14.5 Å². The predicted octanol–water partition coefficient (Wildman–Crippen LogP) is 5.97. The summed E-state index contributed by atoms with van der Waals surface area (Å²) in [6.45, 7) is 8.13. The zero-order valence-electron chi connectivity index (χ0n) is 16.2. The second-order valence-corrected chi connectivity index (χ2v) is 8.58. The van der Waals surface area contributed by atoms with Crippen molar-refractivity contribution in [3.63, 3.8) is 0 Å². The van der Waals surface area contributed by atoms with E-state index in [0.29, 0.717) is 5.92 Å². The molecule has 0 saturated heterocycles. The van der Waals surface area contributed by atoms with E-state index >= 15 is 0 Å². The molecular weight excluding hydrogens is 392 g/mol. The van der Waals surface area contributed by atoms with Crippen LogP contribution in [0.2, 0.25) is 0 Å². The van der Waals surface area contributed by atoms with Crippen LogP contribution in [0.4, 0.5) is 0 Å². The molecule has 0 aliphatic heterocycles. The van der Waals surface area contributed by atoms with Gasteiger partial charge in [0, 0.05) is 37.6 Å². The molecule has 1 aliphatic carbocycles. The van der Waals surface area contributed by atoms with Gasteiger partial charge in [0.1, 0.15) is 11.4 Å². The number of fused-ring (bicyclic) bond motifs is 1. The van der Waals surface area contributed by atoms with Crippen molar-refractivity contribution >= 4 is 21.6 Å². The summed E-state index contributed by atoms with van der Waals surface area (Å²) >= 11 is 3.61. The van der Waals surface area contributed by atoms with Crippen LogP contribution in [0.25, 0.3) is 5.65 Å². The molecular formula is C21H31BrN2O2. The van der Waals surface area contributed by atoms with Crippen LogP contribution in [0.3, 0.4) is 0 Å². The molecule has 2 aromatic heterocycles. The van der Waals surface area contributed by atoms with Gasteiger partial charge in [-0.1, -0.05) is 13.3 Å². The summed E-state index contributed by atoms with van der Waals surface area (Å²) in [5.41, 5.74) is 2.17. The summed E-state index contributed by atoms with van der Waals surface area (Å²) in [6, 6.07) is 2.03. The molecule has 2 aromatic rings. The molecule has 0 bridgehead atoms. The minimum atomic E-state index is 0.151. The van der Waals surface area contributed by atoms with Crippen molar-refractivity contribution in [2.45, 2.75) is 71.3 Å². The van der Waals surface area contributed by atoms with E-state index in [1.807, 2.05) is 19.9 Å². The summed E-state index contributed by atoms with van der Waals surface area (Å²) in [5, 5.41) is 0. The van der Waals surface area contributed by atoms with Gasteiger partial charge in [0.15, 0.2) is 0 Å². The van der Waals surface area contributed by atoms with E-state index in [1.165, 1.54) is 44.2 Å². The van der Waals surface area contributed by atoms with Gasteiger partial charge in [0.05, 0.1) is 16.3 Å². The van der Waals surface area contributed by atoms with Crippen LogP contribution >= 0.6 is 15.9 Å². The third kappa shape index (κ3) is 5.01. The first-order valence-electron chi connectivity index (χ1n) is 9.99. The third-order valence-electron chi connectivity index (χ3n) is 5.15. The van der Waals surface area contributed by atoms with Crippen molar-refractivity contribution in [3.05, 3.63) is 28.6 Å². The number of nitrogens with zero attached hydrogens (tertiary/aromatic N) is 2. The lowest BCUT2D eigenvalue weighted by Crippen LogP contribution is -2.18. The lowest BCUT2D eigenvalue weighted by Gasteiger charge is -2.27. The monoisotopic (exact) mass is 422 g/mol. The number of aromatic nitrogens is 2. The van der Waals surface area contributed by atoms with Crippen molar-refractivity contribution in [1.82, 2.24) is 9.38 Å². The molecule has 1 fully saturated rings. The van der Waals surface area contributed by atoms with Crippen molar-refractivity contribution in [2.24, 2.45) is 5.92 Å². The maximum atomic E-state index is 5.86. The lowest BCUT2D eigenvalue weighted by atomic mass is 9.81. The molecule has 0 spiro atoms. The van der Waals surface area contributed by atoms with Crippen molar-refractivity contribution in [1.29, 1.82) is 0 Å². The molecule has 26 heavy (non-hydrogen) atoms. The van der Waals surface area contributed by atoms with Gasteiger partial charge in [-0.2, -0.15) is 0 Å². The van der Waals surface area contributed by atoms with Crippen LogP contribution in [0.15, 0.2) is 22.9 Å². The summed E-state index contributed by atoms with van der Waals surface area (Å²) in [6.07, 6.45) is 11.7. The Morgan fingerprint density at radius 2 is 2.00 bits per heavy atom. The standard InChI is InChI=1S/C21H31BrN2O2/c1-4-5-10-25-14-16-6-8-17(9-7-16)19-13-24-12-18(22)20(26-15(2)3)11-21(24)23-19/h11-13,15-17H,4-10,14H2,1-3H3. The predicted molar refractivity (Wildman–Crippen MR) is 109 cm³/mol. The molecule has 5 heteroatoms. The van der Waals surface area contributed by atoms with E-state index in [9.17, 15) is 0 Å². The number of pyridine rings is 1. The van der Waals surface area contributed by atoms with Crippen molar-refractivity contribution in [2.75, 3.05) is 13.2 Å². The fourth-order valence-corrected chi connectivity index (χ4v) is 4.10. The second kappa shape index (κ2) is 9.23. The normalized spacial score (nSPS) is 20.8. The number of hydrogen-bond acceptors (Lipinski definition) is 3. The molecule has 0 N–H and O–H groups in total. The summed E-state index contributed by atoms with van der Waals surface area (Å²) in [5.74, 6) is 2.15. The van der Waals surface area contributed by atoms with E-state index in [2.05, 4.69) is 39.6 Å². The number of hydrogen-bond donors (Lipinski definition) is 0. The number of imidazole rings is 1. The zero-order chi connectivity index (χ0) is 18.5. The third-order valence-corrected chi connectivity index (χ3v) is 5.75. The van der Waals surface area contributed by atoms with E-state index < -0.39 is 0 Å². The van der Waals surface area contributed by atoms with Crippen molar-refractivity contribution in [3.8, 4) is 5.75 Å². The topological polar surface area (TPSA) is 35.8 Å². The molecule has 0 unspecified atom stereocenters. The van der Waals surface area contributed by atoms with Crippen LogP contribution in [-0.2, 0) is 4.74 Å². The highest BCUT2D eigenvalue weighted by atomic mass is 79.9. The van der Waals surface area contributed by atoms with Gasteiger partial charge in [-0.3, -0.25) is 0 Å². The number of halogens is 1. The Kier molecular flexibility index (Phi) is 6.98. The Labute approximate surface area is 165 Å². The highest BCUT2D eigenvalue weighted by Gasteiger charge is 2.24. The van der Waals surface area contributed by atoms with Crippen LogP contribution in [0.5, 0.6) is 5.75 Å². The average molecular weight is 423 g/mol. The smallest absolute Gasteiger partial charge is 0.140 e. The zero-order valence-corrected chi connectivity index (χ0v) is 17.8. The van der Waals surface area contributed by atoms with Crippen LogP contribution in [0, 0.1) is 5.92 Å². The molecule has 144 valence electrons. The highest BCUT2D eigenvalue weighted by molar-refractivity contribution is 9.10. The molecule has 1 aliphatic rings. The number of unbranched alkanes of at least 4 members (excludes halogenated alkanes) is 1. The maximum Gasteiger partial charge on any atom is 0.140 e. The largest absolute Gasteiger partial charge is 0.490 e. The summed E-state index contributed by atoms with van der Waals surface area (Å²) in [4.78, 5) is 4.89. The van der Waals surface area contributed by atoms with Gasteiger partial charge in [-0.15, -0.1) is 0 Å². The fourth-order valence-electron chi connectivity index (χ4n) is 3.67. The minimum Gasteiger partial charge on any atom is -0.490 e. The van der Waals surface area contributed by atoms with Gasteiger partial charge in [-0.25, -0.2) is 4.98 Å². The second-order valence-electron chi connectivity index (χ2n) is 7.73. The van der Waals surface area contributed by atoms with Gasteiger partial charge < -0.3 is 13.9 Å². The molecule has 0 amide bonds. The molecule has 0 atom stereocenters.